The van der Waals surface area contributed by atoms with Gasteiger partial charge in [-0.3, -0.25) is 0 Å². The topological polar surface area (TPSA) is 39.6 Å². The van der Waals surface area contributed by atoms with Crippen LogP contribution in [-0.4, -0.2) is 53.3 Å². The molecule has 4 nitrogen and oxygen atoms in total. The lowest BCUT2D eigenvalue weighted by Crippen LogP contribution is -2.55. The molecule has 0 unspecified atom stereocenters. The van der Waals surface area contributed by atoms with Gasteiger partial charge in [0, 0.05) is 19.1 Å². The molecule has 1 aromatic rings. The van der Waals surface area contributed by atoms with Gasteiger partial charge in [-0.25, -0.2) is 4.98 Å². The summed E-state index contributed by atoms with van der Waals surface area (Å²) >= 11 is 4.16. The van der Waals surface area contributed by atoms with Gasteiger partial charge < -0.3 is 14.9 Å². The molecule has 1 N–H and O–H groups in total. The molecule has 0 spiro atoms. The normalized spacial score (nSPS) is 26.2. The van der Waals surface area contributed by atoms with Crippen LogP contribution in [0.5, 0.6) is 0 Å². The molecule has 6 heteroatoms. The Morgan fingerprint density at radius 2 is 2.10 bits per heavy atom. The Labute approximate surface area is 135 Å². The zero-order chi connectivity index (χ0) is 14.9. The molecule has 1 aromatic heterocycles. The first-order valence-corrected chi connectivity index (χ1v) is 9.44. The lowest BCUT2D eigenvalue weighted by atomic mass is 9.83. The van der Waals surface area contributed by atoms with E-state index in [2.05, 4.69) is 39.6 Å². The van der Waals surface area contributed by atoms with Gasteiger partial charge in [0.2, 0.25) is 0 Å². The molecule has 3 heterocycles. The van der Waals surface area contributed by atoms with E-state index < -0.39 is 5.60 Å². The summed E-state index contributed by atoms with van der Waals surface area (Å²) in [6.45, 7) is 2.91. The summed E-state index contributed by atoms with van der Waals surface area (Å²) in [5.41, 5.74) is 0.624. The van der Waals surface area contributed by atoms with Gasteiger partial charge in [0.05, 0.1) is 17.5 Å². The minimum atomic E-state index is -0.518. The molecule has 2 fully saturated rings. The molecule has 2 aliphatic rings. The number of hydrogen-bond acceptors (Lipinski definition) is 6. The first-order valence-electron chi connectivity index (χ1n) is 7.57. The molecule has 1 atom stereocenters. The van der Waals surface area contributed by atoms with Gasteiger partial charge in [0.15, 0.2) is 0 Å². The van der Waals surface area contributed by atoms with Gasteiger partial charge in [-0.2, -0.15) is 0 Å². The van der Waals surface area contributed by atoms with Gasteiger partial charge in [-0.1, -0.05) is 0 Å². The quantitative estimate of drug-likeness (QED) is 0.660. The number of likely N-dealkylation sites (N-methyl/N-ethyl adjacent to an activating group) is 1. The molecule has 0 amide bonds. The second-order valence-electron chi connectivity index (χ2n) is 6.18. The van der Waals surface area contributed by atoms with Crippen molar-refractivity contribution in [1.29, 1.82) is 0 Å². The Hall–Kier alpha value is -0.430. The Morgan fingerprint density at radius 3 is 2.62 bits per heavy atom. The maximum Gasteiger partial charge on any atom is 0.106 e. The number of likely N-dealkylation sites (tertiary alicyclic amines) is 1. The number of rotatable bonds is 3. The molecule has 116 valence electrons. The minimum Gasteiger partial charge on any atom is -0.388 e. The third-order valence-electron chi connectivity index (χ3n) is 4.95. The van der Waals surface area contributed by atoms with E-state index in [-0.39, 0.29) is 0 Å². The first-order chi connectivity index (χ1) is 10.1. The number of aromatic nitrogens is 1. The van der Waals surface area contributed by atoms with Crippen molar-refractivity contribution in [2.75, 3.05) is 31.6 Å². The Balaban J connectivity index is 1.64. The number of pyridine rings is 1. The summed E-state index contributed by atoms with van der Waals surface area (Å²) in [4.78, 5) is 9.02. The zero-order valence-corrected chi connectivity index (χ0v) is 14.1. The van der Waals surface area contributed by atoms with E-state index in [1.807, 2.05) is 12.3 Å². The highest BCUT2D eigenvalue weighted by molar-refractivity contribution is 8.68. The summed E-state index contributed by atoms with van der Waals surface area (Å²) in [7, 11) is 3.50. The first kappa shape index (κ1) is 15.5. The van der Waals surface area contributed by atoms with Crippen molar-refractivity contribution in [2.24, 2.45) is 0 Å². The Kier molecular flexibility index (Phi) is 4.69. The molecule has 2 saturated heterocycles. The molecule has 0 bridgehead atoms. The van der Waals surface area contributed by atoms with Crippen LogP contribution in [0.2, 0.25) is 0 Å². The van der Waals surface area contributed by atoms with E-state index in [1.165, 1.54) is 17.2 Å². The van der Waals surface area contributed by atoms with Crippen molar-refractivity contribution in [3.63, 3.8) is 0 Å². The highest BCUT2D eigenvalue weighted by Crippen LogP contribution is 2.35. The third kappa shape index (κ3) is 3.18. The number of thiol groups is 1. The van der Waals surface area contributed by atoms with Crippen molar-refractivity contribution in [1.82, 2.24) is 9.88 Å². The maximum atomic E-state index is 11.0. The van der Waals surface area contributed by atoms with Crippen LogP contribution in [0.15, 0.2) is 23.4 Å². The van der Waals surface area contributed by atoms with Crippen molar-refractivity contribution in [3.8, 4) is 0 Å². The molecule has 0 radical (unpaired) electrons. The fraction of sp³-hybridized carbons (Fsp3) is 0.667. The largest absolute Gasteiger partial charge is 0.388 e. The fourth-order valence-electron chi connectivity index (χ4n) is 3.69. The number of nitrogens with zero attached hydrogens (tertiary/aromatic N) is 3. The average molecular weight is 326 g/mol. The zero-order valence-electron chi connectivity index (χ0n) is 12.4. The van der Waals surface area contributed by atoms with Gasteiger partial charge in [-0.05, 0) is 62.2 Å². The average Bonchev–Trinajstić information content (AvgIpc) is 2.95. The van der Waals surface area contributed by atoms with E-state index in [0.29, 0.717) is 6.04 Å². The van der Waals surface area contributed by atoms with Crippen LogP contribution >= 0.6 is 22.5 Å². The van der Waals surface area contributed by atoms with E-state index >= 15 is 0 Å². The molecular formula is C15H23N3OS2. The van der Waals surface area contributed by atoms with Crippen molar-refractivity contribution < 1.29 is 5.11 Å². The summed E-state index contributed by atoms with van der Waals surface area (Å²) in [5, 5.41) is 11.9. The number of piperidine rings is 1. The predicted molar refractivity (Wildman–Crippen MR) is 91.1 cm³/mol. The molecular weight excluding hydrogens is 302 g/mol. The van der Waals surface area contributed by atoms with E-state index in [9.17, 15) is 5.11 Å². The predicted octanol–water partition coefficient (Wildman–Crippen LogP) is 2.44. The van der Waals surface area contributed by atoms with Crippen LogP contribution in [0.25, 0.3) is 0 Å². The van der Waals surface area contributed by atoms with Crippen LogP contribution in [0, 0.1) is 0 Å². The molecule has 2 aliphatic heterocycles. The second kappa shape index (κ2) is 6.36. The van der Waals surface area contributed by atoms with Gasteiger partial charge in [0.25, 0.3) is 0 Å². The highest BCUT2D eigenvalue weighted by atomic mass is 33.1. The minimum absolute atomic E-state index is 0.334. The summed E-state index contributed by atoms with van der Waals surface area (Å²) in [6.07, 6.45) is 5.92. The van der Waals surface area contributed by atoms with Crippen LogP contribution < -0.4 is 4.90 Å². The van der Waals surface area contributed by atoms with Crippen LogP contribution in [0.4, 0.5) is 5.69 Å². The Bertz CT molecular complexity index is 474. The highest BCUT2D eigenvalue weighted by Gasteiger charge is 2.43. The van der Waals surface area contributed by atoms with Crippen molar-refractivity contribution in [3.05, 3.63) is 18.3 Å². The lowest BCUT2D eigenvalue weighted by Gasteiger charge is -2.44. The van der Waals surface area contributed by atoms with E-state index in [4.69, 9.17) is 0 Å². The lowest BCUT2D eigenvalue weighted by molar-refractivity contribution is -0.0449. The van der Waals surface area contributed by atoms with Crippen LogP contribution in [0.1, 0.15) is 25.7 Å². The van der Waals surface area contributed by atoms with E-state index in [1.54, 1.807) is 0 Å². The number of aliphatic hydroxyl groups is 1. The van der Waals surface area contributed by atoms with Gasteiger partial charge >= 0.3 is 0 Å². The third-order valence-corrected chi connectivity index (χ3v) is 5.94. The monoisotopic (exact) mass is 325 g/mol. The van der Waals surface area contributed by atoms with Crippen LogP contribution in [0.3, 0.4) is 0 Å². The van der Waals surface area contributed by atoms with Gasteiger partial charge in [-0.15, -0.1) is 11.7 Å². The smallest absolute Gasteiger partial charge is 0.106 e. The molecule has 0 aliphatic carbocycles. The van der Waals surface area contributed by atoms with Crippen LogP contribution in [-0.2, 0) is 0 Å². The summed E-state index contributed by atoms with van der Waals surface area (Å²) in [6, 6.07) is 4.43. The SMILES string of the molecule is CN1CCC[C@H]1C1(O)CCN(c2ccc(SS)nc2)CC1. The summed E-state index contributed by atoms with van der Waals surface area (Å²) < 4.78 is 0. The van der Waals surface area contributed by atoms with E-state index in [0.717, 1.165) is 49.6 Å². The van der Waals surface area contributed by atoms with Gasteiger partial charge in [0.1, 0.15) is 5.03 Å². The van der Waals surface area contributed by atoms with Crippen molar-refractivity contribution >= 4 is 28.1 Å². The fourth-order valence-corrected chi connectivity index (χ4v) is 4.24. The maximum absolute atomic E-state index is 11.0. The Morgan fingerprint density at radius 1 is 1.33 bits per heavy atom. The summed E-state index contributed by atoms with van der Waals surface area (Å²) in [5.74, 6) is 0. The molecule has 0 aromatic carbocycles. The molecule has 0 saturated carbocycles. The number of anilines is 1. The van der Waals surface area contributed by atoms with Crippen molar-refractivity contribution in [2.45, 2.75) is 42.4 Å². The standard InChI is InChI=1S/C15H23N3OS2/c1-17-8-2-3-13(17)15(19)6-9-18(10-7-15)12-4-5-14(21-20)16-11-12/h4-5,11,13,19-20H,2-3,6-10H2,1H3/t13-/m0/s1. The number of hydrogen-bond donors (Lipinski definition) is 2. The second-order valence-corrected chi connectivity index (χ2v) is 7.32. The molecule has 21 heavy (non-hydrogen) atoms. The molecule has 3 rings (SSSR count).